The number of carboxylic acids is 1. The topological polar surface area (TPSA) is 76.2 Å². The number of hydrogen-bond donors (Lipinski definition) is 1. The highest BCUT2D eigenvalue weighted by atomic mass is 19.1. The summed E-state index contributed by atoms with van der Waals surface area (Å²) in [5, 5.41) is 12.8. The average molecular weight is 388 g/mol. The van der Waals surface area contributed by atoms with E-state index in [-0.39, 0.29) is 5.82 Å². The van der Waals surface area contributed by atoms with Gasteiger partial charge < -0.3 is 9.63 Å². The van der Waals surface area contributed by atoms with Crippen molar-refractivity contribution in [2.45, 2.75) is 13.8 Å². The Morgan fingerprint density at radius 2 is 1.55 bits per heavy atom. The lowest BCUT2D eigenvalue weighted by atomic mass is 9.95. The Bertz CT molecular complexity index is 1190. The molecule has 0 bridgehead atoms. The van der Waals surface area contributed by atoms with Gasteiger partial charge in [-0.05, 0) is 66.4 Å². The van der Waals surface area contributed by atoms with Crippen molar-refractivity contribution in [2.75, 3.05) is 0 Å². The van der Waals surface area contributed by atoms with Gasteiger partial charge in [-0.25, -0.2) is 9.18 Å². The highest BCUT2D eigenvalue weighted by molar-refractivity contribution is 5.88. The van der Waals surface area contributed by atoms with Gasteiger partial charge in [-0.3, -0.25) is 0 Å². The van der Waals surface area contributed by atoms with E-state index in [9.17, 15) is 9.18 Å². The second kappa shape index (κ2) is 7.31. The SMILES string of the molecule is Cc1cccc(C)c1-c1ccc(-c2nc(-c3ccc(C(=O)O)c(F)c3)no2)cc1. The number of halogens is 1. The standard InChI is InChI=1S/C23H17FN2O3/c1-13-4-3-5-14(2)20(13)15-6-8-16(9-7-15)22-25-21(26-29-22)17-10-11-18(23(27)28)19(24)12-17/h3-12H,1-2H3,(H,27,28). The molecule has 0 spiro atoms. The molecule has 0 atom stereocenters. The molecule has 4 aromatic rings. The fourth-order valence-electron chi connectivity index (χ4n) is 3.33. The number of hydrogen-bond acceptors (Lipinski definition) is 4. The van der Waals surface area contributed by atoms with Crippen LogP contribution in [0.1, 0.15) is 21.5 Å². The molecule has 6 heteroatoms. The van der Waals surface area contributed by atoms with E-state index < -0.39 is 17.3 Å². The number of nitrogens with zero attached hydrogens (tertiary/aromatic N) is 2. The molecule has 0 amide bonds. The molecule has 5 nitrogen and oxygen atoms in total. The zero-order chi connectivity index (χ0) is 20.5. The summed E-state index contributed by atoms with van der Waals surface area (Å²) >= 11 is 0. The Morgan fingerprint density at radius 3 is 2.17 bits per heavy atom. The lowest BCUT2D eigenvalue weighted by Gasteiger charge is -2.10. The van der Waals surface area contributed by atoms with E-state index >= 15 is 0 Å². The molecule has 1 heterocycles. The van der Waals surface area contributed by atoms with Crippen molar-refractivity contribution in [3.05, 3.63) is 83.2 Å². The molecule has 29 heavy (non-hydrogen) atoms. The molecule has 0 unspecified atom stereocenters. The minimum atomic E-state index is -1.33. The van der Waals surface area contributed by atoms with Crippen molar-refractivity contribution < 1.29 is 18.8 Å². The van der Waals surface area contributed by atoms with Crippen LogP contribution in [0.25, 0.3) is 34.0 Å². The third-order valence-corrected chi connectivity index (χ3v) is 4.79. The van der Waals surface area contributed by atoms with Crippen LogP contribution in [0.15, 0.2) is 65.2 Å². The Hall–Kier alpha value is -3.80. The van der Waals surface area contributed by atoms with E-state index in [4.69, 9.17) is 9.63 Å². The van der Waals surface area contributed by atoms with Gasteiger partial charge >= 0.3 is 5.97 Å². The van der Waals surface area contributed by atoms with E-state index in [2.05, 4.69) is 36.1 Å². The molecule has 1 N–H and O–H groups in total. The molecule has 0 saturated carbocycles. The largest absolute Gasteiger partial charge is 0.478 e. The maximum absolute atomic E-state index is 13.9. The molecule has 0 aliphatic heterocycles. The van der Waals surface area contributed by atoms with Crippen molar-refractivity contribution in [1.29, 1.82) is 0 Å². The Kier molecular flexibility index (Phi) is 4.68. The van der Waals surface area contributed by atoms with E-state index in [0.717, 1.165) is 17.2 Å². The second-order valence-corrected chi connectivity index (χ2v) is 6.77. The predicted molar refractivity (Wildman–Crippen MR) is 107 cm³/mol. The molecule has 0 saturated heterocycles. The second-order valence-electron chi connectivity index (χ2n) is 6.77. The third kappa shape index (κ3) is 3.52. The fourth-order valence-corrected chi connectivity index (χ4v) is 3.33. The smallest absolute Gasteiger partial charge is 0.338 e. The van der Waals surface area contributed by atoms with E-state index in [1.165, 1.54) is 28.8 Å². The molecular weight excluding hydrogens is 371 g/mol. The third-order valence-electron chi connectivity index (χ3n) is 4.79. The molecule has 0 radical (unpaired) electrons. The van der Waals surface area contributed by atoms with E-state index in [0.29, 0.717) is 11.5 Å². The zero-order valence-corrected chi connectivity index (χ0v) is 15.8. The number of carboxylic acid groups (broad SMARTS) is 1. The number of benzene rings is 3. The van der Waals surface area contributed by atoms with Gasteiger partial charge in [0.2, 0.25) is 5.82 Å². The first kappa shape index (κ1) is 18.6. The van der Waals surface area contributed by atoms with Crippen LogP contribution < -0.4 is 0 Å². The quantitative estimate of drug-likeness (QED) is 0.498. The first-order valence-corrected chi connectivity index (χ1v) is 8.98. The lowest BCUT2D eigenvalue weighted by molar-refractivity contribution is 0.0692. The molecule has 0 fully saturated rings. The van der Waals surface area contributed by atoms with Crippen LogP contribution in [0.4, 0.5) is 4.39 Å². The van der Waals surface area contributed by atoms with Crippen LogP contribution in [0, 0.1) is 19.7 Å². The molecule has 0 aliphatic rings. The Balaban J connectivity index is 1.63. The van der Waals surface area contributed by atoms with Crippen molar-refractivity contribution in [1.82, 2.24) is 10.1 Å². The number of aromatic nitrogens is 2. The van der Waals surface area contributed by atoms with Gasteiger partial charge in [0.15, 0.2) is 0 Å². The van der Waals surface area contributed by atoms with Crippen LogP contribution in [-0.2, 0) is 0 Å². The lowest BCUT2D eigenvalue weighted by Crippen LogP contribution is -2.00. The summed E-state index contributed by atoms with van der Waals surface area (Å²) in [5.74, 6) is -1.68. The summed E-state index contributed by atoms with van der Waals surface area (Å²) < 4.78 is 19.2. The highest BCUT2D eigenvalue weighted by Crippen LogP contribution is 2.30. The summed E-state index contributed by atoms with van der Waals surface area (Å²) in [4.78, 5) is 15.3. The van der Waals surface area contributed by atoms with E-state index in [1.807, 2.05) is 30.3 Å². The van der Waals surface area contributed by atoms with Crippen LogP contribution in [-0.4, -0.2) is 21.2 Å². The summed E-state index contributed by atoms with van der Waals surface area (Å²) in [7, 11) is 0. The summed E-state index contributed by atoms with van der Waals surface area (Å²) in [6.45, 7) is 4.16. The number of rotatable bonds is 4. The molecule has 4 rings (SSSR count). The fraction of sp³-hybridized carbons (Fsp3) is 0.0870. The van der Waals surface area contributed by atoms with E-state index in [1.54, 1.807) is 0 Å². The molecule has 0 aliphatic carbocycles. The highest BCUT2D eigenvalue weighted by Gasteiger charge is 2.15. The summed E-state index contributed by atoms with van der Waals surface area (Å²) in [5.41, 5.74) is 5.36. The average Bonchev–Trinajstić information content (AvgIpc) is 3.18. The van der Waals surface area contributed by atoms with Gasteiger partial charge in [0.05, 0.1) is 5.56 Å². The number of carbonyl (C=O) groups is 1. The maximum atomic E-state index is 13.9. The molecule has 1 aromatic heterocycles. The van der Waals surface area contributed by atoms with Gasteiger partial charge in [-0.2, -0.15) is 4.98 Å². The van der Waals surface area contributed by atoms with Gasteiger partial charge in [0.25, 0.3) is 5.89 Å². The molecular formula is C23H17FN2O3. The molecule has 3 aromatic carbocycles. The minimum absolute atomic E-state index is 0.190. The summed E-state index contributed by atoms with van der Waals surface area (Å²) in [6.07, 6.45) is 0. The zero-order valence-electron chi connectivity index (χ0n) is 15.8. The van der Waals surface area contributed by atoms with Gasteiger partial charge in [0, 0.05) is 11.1 Å². The minimum Gasteiger partial charge on any atom is -0.478 e. The Labute approximate surface area is 166 Å². The van der Waals surface area contributed by atoms with Crippen LogP contribution in [0.3, 0.4) is 0 Å². The first-order valence-electron chi connectivity index (χ1n) is 8.98. The van der Waals surface area contributed by atoms with Crippen molar-refractivity contribution in [2.24, 2.45) is 0 Å². The van der Waals surface area contributed by atoms with Crippen LogP contribution in [0.2, 0.25) is 0 Å². The van der Waals surface area contributed by atoms with Gasteiger partial charge in [-0.15, -0.1) is 0 Å². The molecule has 144 valence electrons. The predicted octanol–water partition coefficient (Wildman–Crippen LogP) is 5.52. The summed E-state index contributed by atoms with van der Waals surface area (Å²) in [6, 6.07) is 17.7. The Morgan fingerprint density at radius 1 is 0.931 bits per heavy atom. The normalized spacial score (nSPS) is 10.9. The van der Waals surface area contributed by atoms with Crippen molar-refractivity contribution in [3.63, 3.8) is 0 Å². The number of aryl methyl sites for hydroxylation is 2. The van der Waals surface area contributed by atoms with Crippen molar-refractivity contribution >= 4 is 5.97 Å². The van der Waals surface area contributed by atoms with Crippen LogP contribution in [0.5, 0.6) is 0 Å². The first-order chi connectivity index (χ1) is 13.9. The maximum Gasteiger partial charge on any atom is 0.338 e. The van der Waals surface area contributed by atoms with Gasteiger partial charge in [-0.1, -0.05) is 35.5 Å². The monoisotopic (exact) mass is 388 g/mol. The van der Waals surface area contributed by atoms with Crippen molar-refractivity contribution in [3.8, 4) is 34.0 Å². The number of aromatic carboxylic acids is 1. The van der Waals surface area contributed by atoms with Crippen LogP contribution >= 0.6 is 0 Å². The van der Waals surface area contributed by atoms with Gasteiger partial charge in [0.1, 0.15) is 5.82 Å².